The van der Waals surface area contributed by atoms with Crippen LogP contribution >= 0.6 is 0 Å². The molecular weight excluding hydrogens is 571 g/mol. The maximum Gasteiger partial charge on any atom is -1.00 e. The molecule has 37 heavy (non-hydrogen) atoms. The molecular formula is C34H53Cl2Zr. The van der Waals surface area contributed by atoms with E-state index in [1.807, 2.05) is 9.84 Å². The van der Waals surface area contributed by atoms with Crippen LogP contribution in [0.1, 0.15) is 130 Å². The van der Waals surface area contributed by atoms with Gasteiger partial charge in [-0.15, -0.1) is 0 Å². The Labute approximate surface area is 250 Å². The summed E-state index contributed by atoms with van der Waals surface area (Å²) in [6.07, 6.45) is 4.92. The molecule has 0 aliphatic heterocycles. The van der Waals surface area contributed by atoms with Crippen molar-refractivity contribution < 1.29 is 46.6 Å². The number of hydrogen-bond acceptors (Lipinski definition) is 0. The summed E-state index contributed by atoms with van der Waals surface area (Å²) in [6, 6.07) is 0. The van der Waals surface area contributed by atoms with Gasteiger partial charge in [-0.05, 0) is 0 Å². The Kier molecular flexibility index (Phi) is 11.1. The zero-order valence-electron chi connectivity index (χ0n) is 26.6. The van der Waals surface area contributed by atoms with Crippen molar-refractivity contribution in [3.63, 3.8) is 0 Å². The Hall–Kier alpha value is -0.0969. The van der Waals surface area contributed by atoms with Gasteiger partial charge in [0.1, 0.15) is 0 Å². The SMILES string of the molecule is CCCC1=[C]([Zr+2]([C]2=C(C)C(C)=C(C)C2(C)C)[C]2=C(CCC)C(C)=C(C)C2(C)C)C(C)(C)C(C)=C1C.[Cl-].[Cl-]. The Morgan fingerprint density at radius 3 is 1.03 bits per heavy atom. The molecule has 3 aliphatic carbocycles. The van der Waals surface area contributed by atoms with E-state index in [2.05, 4.69) is 104 Å². The van der Waals surface area contributed by atoms with Gasteiger partial charge < -0.3 is 24.8 Å². The molecule has 0 unspecified atom stereocenters. The number of halogens is 2. The van der Waals surface area contributed by atoms with Gasteiger partial charge in [0.25, 0.3) is 0 Å². The van der Waals surface area contributed by atoms with Crippen molar-refractivity contribution in [2.24, 2.45) is 16.2 Å². The minimum atomic E-state index is -2.58. The van der Waals surface area contributed by atoms with Gasteiger partial charge in [-0.25, -0.2) is 0 Å². The molecule has 0 radical (unpaired) electrons. The molecule has 0 heterocycles. The molecule has 0 atom stereocenters. The first kappa shape index (κ1) is 34.9. The van der Waals surface area contributed by atoms with Gasteiger partial charge >= 0.3 is 228 Å². The first-order valence-electron chi connectivity index (χ1n) is 14.1. The van der Waals surface area contributed by atoms with Crippen LogP contribution in [0.15, 0.2) is 60.0 Å². The molecule has 0 spiro atoms. The molecule has 0 amide bonds. The van der Waals surface area contributed by atoms with Crippen LogP contribution in [0, 0.1) is 16.2 Å². The zero-order chi connectivity index (χ0) is 26.8. The Morgan fingerprint density at radius 2 is 0.757 bits per heavy atom. The van der Waals surface area contributed by atoms with E-state index in [0.717, 1.165) is 0 Å². The number of hydrogen-bond donors (Lipinski definition) is 0. The number of allylic oxidation sites excluding steroid dienone is 12. The second kappa shape index (κ2) is 11.8. The minimum absolute atomic E-state index is 0. The third-order valence-electron chi connectivity index (χ3n) is 10.6. The van der Waals surface area contributed by atoms with Gasteiger partial charge in [-0.1, -0.05) is 0 Å². The average Bonchev–Trinajstić information content (AvgIpc) is 3.12. The summed E-state index contributed by atoms with van der Waals surface area (Å²) < 4.78 is 5.68. The molecule has 0 saturated carbocycles. The maximum absolute atomic E-state index is 2.58. The van der Waals surface area contributed by atoms with E-state index in [-0.39, 0.29) is 41.1 Å². The van der Waals surface area contributed by atoms with Gasteiger partial charge in [0, 0.05) is 0 Å². The average molecular weight is 624 g/mol. The largest absolute Gasteiger partial charge is 1.00 e. The van der Waals surface area contributed by atoms with Crippen LogP contribution in [0.2, 0.25) is 0 Å². The van der Waals surface area contributed by atoms with E-state index in [1.54, 1.807) is 50.2 Å². The molecule has 3 heteroatoms. The summed E-state index contributed by atoms with van der Waals surface area (Å²) in [5, 5.41) is 0. The van der Waals surface area contributed by atoms with Crippen LogP contribution in [0.3, 0.4) is 0 Å². The minimum Gasteiger partial charge on any atom is -1.00 e. The Bertz CT molecular complexity index is 1080. The van der Waals surface area contributed by atoms with E-state index in [4.69, 9.17) is 0 Å². The predicted molar refractivity (Wildman–Crippen MR) is 153 cm³/mol. The van der Waals surface area contributed by atoms with E-state index in [1.165, 1.54) is 25.7 Å². The van der Waals surface area contributed by atoms with Gasteiger partial charge in [-0.3, -0.25) is 0 Å². The topological polar surface area (TPSA) is 0 Å². The first-order chi connectivity index (χ1) is 16.0. The molecule has 0 bridgehead atoms. The molecule has 0 N–H and O–H groups in total. The Morgan fingerprint density at radius 1 is 0.459 bits per heavy atom. The van der Waals surface area contributed by atoms with Gasteiger partial charge in [0.15, 0.2) is 0 Å². The smallest absolute Gasteiger partial charge is 1.00 e. The third kappa shape index (κ3) is 5.11. The maximum atomic E-state index is 2.56. The van der Waals surface area contributed by atoms with Gasteiger partial charge in [-0.2, -0.15) is 0 Å². The van der Waals surface area contributed by atoms with E-state index in [0.29, 0.717) is 0 Å². The van der Waals surface area contributed by atoms with Crippen LogP contribution in [-0.2, 0) is 21.8 Å². The van der Waals surface area contributed by atoms with Crippen LogP contribution in [-0.4, -0.2) is 0 Å². The van der Waals surface area contributed by atoms with Crippen molar-refractivity contribution in [1.82, 2.24) is 0 Å². The Balaban J connectivity index is 0.00000342. The molecule has 3 rings (SSSR count). The zero-order valence-corrected chi connectivity index (χ0v) is 30.6. The van der Waals surface area contributed by atoms with Crippen LogP contribution in [0.25, 0.3) is 0 Å². The monoisotopic (exact) mass is 621 g/mol. The van der Waals surface area contributed by atoms with Crippen molar-refractivity contribution in [3.8, 4) is 0 Å². The predicted octanol–water partition coefficient (Wildman–Crippen LogP) is 5.12. The van der Waals surface area contributed by atoms with E-state index in [9.17, 15) is 0 Å². The third-order valence-corrected chi connectivity index (χ3v) is 21.3. The van der Waals surface area contributed by atoms with Crippen molar-refractivity contribution in [1.29, 1.82) is 0 Å². The summed E-state index contributed by atoms with van der Waals surface area (Å²) in [6.45, 7) is 37.1. The van der Waals surface area contributed by atoms with Gasteiger partial charge in [0.05, 0.1) is 0 Å². The molecule has 0 aromatic heterocycles. The fourth-order valence-corrected chi connectivity index (χ4v) is 19.7. The number of rotatable bonds is 7. The normalized spacial score (nSPS) is 22.5. The molecule has 0 aromatic carbocycles. The second-order valence-electron chi connectivity index (χ2n) is 13.2. The van der Waals surface area contributed by atoms with Crippen LogP contribution in [0.4, 0.5) is 0 Å². The molecule has 0 nitrogen and oxygen atoms in total. The van der Waals surface area contributed by atoms with Gasteiger partial charge in [0.2, 0.25) is 0 Å². The summed E-state index contributed by atoms with van der Waals surface area (Å²) in [4.78, 5) is 0. The summed E-state index contributed by atoms with van der Waals surface area (Å²) >= 11 is -2.58. The molecule has 0 aromatic rings. The van der Waals surface area contributed by atoms with Crippen molar-refractivity contribution in [2.45, 2.75) is 130 Å². The fraction of sp³-hybridized carbons (Fsp3) is 0.647. The quantitative estimate of drug-likeness (QED) is 0.369. The van der Waals surface area contributed by atoms with Crippen molar-refractivity contribution in [3.05, 3.63) is 60.0 Å². The second-order valence-corrected chi connectivity index (χ2v) is 18.7. The standard InChI is InChI=1S/2C12H19.C10H15.2ClH.Zr/c2*1-6-7-11-8-12(4,5)10(3)9(11)2;1-7-6-10(4,5)9(3)8(7)2;;;/h2*6-7H2,1-5H3;1-5H3;2*1H;/q;;;;;+2/p-2. The summed E-state index contributed by atoms with van der Waals surface area (Å²) in [5.41, 5.74) is 15.2. The summed E-state index contributed by atoms with van der Waals surface area (Å²) in [5.74, 6) is 0. The molecule has 0 fully saturated rings. The molecule has 0 saturated heterocycles. The summed E-state index contributed by atoms with van der Waals surface area (Å²) in [7, 11) is 0. The fourth-order valence-electron chi connectivity index (χ4n) is 7.42. The molecule has 207 valence electrons. The van der Waals surface area contributed by atoms with Crippen molar-refractivity contribution >= 4 is 0 Å². The van der Waals surface area contributed by atoms with Crippen LogP contribution < -0.4 is 24.8 Å². The first-order valence-corrected chi connectivity index (χ1v) is 17.8. The van der Waals surface area contributed by atoms with Crippen molar-refractivity contribution in [2.75, 3.05) is 0 Å². The van der Waals surface area contributed by atoms with E-state index < -0.39 is 21.8 Å². The molecule has 3 aliphatic rings. The van der Waals surface area contributed by atoms with Crippen LogP contribution in [0.5, 0.6) is 0 Å². The van der Waals surface area contributed by atoms with E-state index >= 15 is 0 Å².